The minimum Gasteiger partial charge on any atom is -0.372 e. The highest BCUT2D eigenvalue weighted by molar-refractivity contribution is 5.73. The fraction of sp³-hybridized carbons (Fsp3) is 0.611. The van der Waals surface area contributed by atoms with E-state index in [0.717, 1.165) is 19.6 Å². The lowest BCUT2D eigenvalue weighted by molar-refractivity contribution is -0.131. The van der Waals surface area contributed by atoms with Gasteiger partial charge in [-0.2, -0.15) is 0 Å². The predicted molar refractivity (Wildman–Crippen MR) is 88.6 cm³/mol. The third-order valence-electron chi connectivity index (χ3n) is 4.50. The van der Waals surface area contributed by atoms with Gasteiger partial charge < -0.3 is 9.80 Å². The SMILES string of the molecule is CC(=O)N(CC1CCN(c2ccc(C)cc2)CC1)C(C)C. The molecule has 116 valence electrons. The Labute approximate surface area is 128 Å². The van der Waals surface area contributed by atoms with Crippen LogP contribution in [-0.2, 0) is 4.79 Å². The summed E-state index contributed by atoms with van der Waals surface area (Å²) < 4.78 is 0. The Bertz CT molecular complexity index is 459. The largest absolute Gasteiger partial charge is 0.372 e. The first kappa shape index (κ1) is 15.9. The van der Waals surface area contributed by atoms with E-state index in [0.29, 0.717) is 12.0 Å². The number of rotatable bonds is 4. The fourth-order valence-electron chi connectivity index (χ4n) is 3.11. The number of amides is 1. The molecule has 1 aromatic rings. The maximum Gasteiger partial charge on any atom is 0.219 e. The van der Waals surface area contributed by atoms with Crippen molar-refractivity contribution in [3.05, 3.63) is 29.8 Å². The van der Waals surface area contributed by atoms with Crippen LogP contribution in [0.3, 0.4) is 0 Å². The van der Waals surface area contributed by atoms with Gasteiger partial charge in [-0.25, -0.2) is 0 Å². The normalized spacial score (nSPS) is 16.3. The highest BCUT2D eigenvalue weighted by atomic mass is 16.2. The number of benzene rings is 1. The monoisotopic (exact) mass is 288 g/mol. The number of carbonyl (C=O) groups is 1. The molecule has 1 amide bonds. The molecular formula is C18H28N2O. The van der Waals surface area contributed by atoms with Crippen molar-refractivity contribution in [3.63, 3.8) is 0 Å². The standard InChI is InChI=1S/C18H28N2O/c1-14(2)20(16(4)21)13-17-9-11-19(12-10-17)18-7-5-15(3)6-8-18/h5-8,14,17H,9-13H2,1-4H3. The van der Waals surface area contributed by atoms with Crippen LogP contribution in [-0.4, -0.2) is 36.5 Å². The maximum absolute atomic E-state index is 11.7. The van der Waals surface area contributed by atoms with E-state index in [2.05, 4.69) is 49.9 Å². The van der Waals surface area contributed by atoms with Gasteiger partial charge in [-0.15, -0.1) is 0 Å². The molecule has 0 radical (unpaired) electrons. The zero-order chi connectivity index (χ0) is 15.4. The van der Waals surface area contributed by atoms with Gasteiger partial charge in [0.1, 0.15) is 0 Å². The molecule has 0 saturated carbocycles. The summed E-state index contributed by atoms with van der Waals surface area (Å²) in [5, 5.41) is 0. The molecule has 1 aliphatic heterocycles. The molecule has 3 nitrogen and oxygen atoms in total. The van der Waals surface area contributed by atoms with E-state index in [1.165, 1.54) is 24.1 Å². The number of hydrogen-bond donors (Lipinski definition) is 0. The smallest absolute Gasteiger partial charge is 0.219 e. The second-order valence-electron chi connectivity index (χ2n) is 6.53. The molecule has 1 aliphatic rings. The molecule has 1 heterocycles. The van der Waals surface area contributed by atoms with Crippen LogP contribution in [0.1, 0.15) is 39.2 Å². The van der Waals surface area contributed by atoms with Gasteiger partial charge in [-0.1, -0.05) is 17.7 Å². The van der Waals surface area contributed by atoms with Crippen LogP contribution in [0.5, 0.6) is 0 Å². The lowest BCUT2D eigenvalue weighted by Gasteiger charge is -2.37. The molecule has 1 fully saturated rings. The van der Waals surface area contributed by atoms with Crippen molar-refractivity contribution < 1.29 is 4.79 Å². The van der Waals surface area contributed by atoms with Crippen molar-refractivity contribution in [2.45, 2.75) is 46.6 Å². The molecule has 2 rings (SSSR count). The number of anilines is 1. The Morgan fingerprint density at radius 2 is 1.81 bits per heavy atom. The van der Waals surface area contributed by atoms with Crippen molar-refractivity contribution in [1.29, 1.82) is 0 Å². The van der Waals surface area contributed by atoms with Gasteiger partial charge in [0.05, 0.1) is 0 Å². The van der Waals surface area contributed by atoms with E-state index in [1.54, 1.807) is 6.92 Å². The predicted octanol–water partition coefficient (Wildman–Crippen LogP) is 3.47. The molecule has 0 atom stereocenters. The molecule has 21 heavy (non-hydrogen) atoms. The lowest BCUT2D eigenvalue weighted by Crippen LogP contribution is -2.43. The van der Waals surface area contributed by atoms with Gasteiger partial charge in [0.2, 0.25) is 5.91 Å². The van der Waals surface area contributed by atoms with Gasteiger partial charge >= 0.3 is 0 Å². The zero-order valence-corrected chi connectivity index (χ0v) is 13.8. The van der Waals surface area contributed by atoms with E-state index >= 15 is 0 Å². The third kappa shape index (κ3) is 4.23. The molecular weight excluding hydrogens is 260 g/mol. The van der Waals surface area contributed by atoms with Crippen LogP contribution < -0.4 is 4.90 Å². The molecule has 0 bridgehead atoms. The Hall–Kier alpha value is -1.51. The summed E-state index contributed by atoms with van der Waals surface area (Å²) in [6, 6.07) is 9.09. The first-order valence-electron chi connectivity index (χ1n) is 8.06. The average Bonchev–Trinajstić information content (AvgIpc) is 2.45. The summed E-state index contributed by atoms with van der Waals surface area (Å²) in [4.78, 5) is 16.2. The maximum atomic E-state index is 11.7. The van der Waals surface area contributed by atoms with Gasteiger partial charge in [0.25, 0.3) is 0 Å². The van der Waals surface area contributed by atoms with Gasteiger partial charge in [0, 0.05) is 38.3 Å². The first-order chi connectivity index (χ1) is 9.97. The van der Waals surface area contributed by atoms with Crippen LogP contribution in [0.25, 0.3) is 0 Å². The summed E-state index contributed by atoms with van der Waals surface area (Å²) >= 11 is 0. The van der Waals surface area contributed by atoms with Crippen molar-refractivity contribution in [2.24, 2.45) is 5.92 Å². The number of nitrogens with zero attached hydrogens (tertiary/aromatic N) is 2. The minimum absolute atomic E-state index is 0.200. The van der Waals surface area contributed by atoms with Crippen LogP contribution in [0.4, 0.5) is 5.69 Å². The molecule has 0 unspecified atom stereocenters. The van der Waals surface area contributed by atoms with Crippen molar-refractivity contribution in [1.82, 2.24) is 4.90 Å². The van der Waals surface area contributed by atoms with E-state index in [4.69, 9.17) is 0 Å². The molecule has 1 saturated heterocycles. The summed E-state index contributed by atoms with van der Waals surface area (Å²) in [6.07, 6.45) is 2.34. The highest BCUT2D eigenvalue weighted by Crippen LogP contribution is 2.24. The number of hydrogen-bond acceptors (Lipinski definition) is 2. The van der Waals surface area contributed by atoms with Crippen LogP contribution in [0.2, 0.25) is 0 Å². The number of carbonyl (C=O) groups excluding carboxylic acids is 1. The topological polar surface area (TPSA) is 23.6 Å². The summed E-state index contributed by atoms with van der Waals surface area (Å²) in [6.45, 7) is 11.1. The average molecular weight is 288 g/mol. The van der Waals surface area contributed by atoms with Gasteiger partial charge in [-0.3, -0.25) is 4.79 Å². The van der Waals surface area contributed by atoms with Gasteiger partial charge in [0.15, 0.2) is 0 Å². The van der Waals surface area contributed by atoms with Crippen molar-refractivity contribution in [3.8, 4) is 0 Å². The Kier molecular flexibility index (Phi) is 5.27. The molecule has 0 N–H and O–H groups in total. The number of piperidine rings is 1. The summed E-state index contributed by atoms with van der Waals surface area (Å²) in [5.41, 5.74) is 2.63. The van der Waals surface area contributed by atoms with Crippen molar-refractivity contribution in [2.75, 3.05) is 24.5 Å². The zero-order valence-electron chi connectivity index (χ0n) is 13.8. The molecule has 3 heteroatoms. The molecule has 1 aromatic carbocycles. The quantitative estimate of drug-likeness (QED) is 0.847. The summed E-state index contributed by atoms with van der Waals surface area (Å²) in [7, 11) is 0. The van der Waals surface area contributed by atoms with Crippen molar-refractivity contribution >= 4 is 11.6 Å². The third-order valence-corrected chi connectivity index (χ3v) is 4.50. The Morgan fingerprint density at radius 3 is 2.29 bits per heavy atom. The van der Waals surface area contributed by atoms with E-state index in [9.17, 15) is 4.79 Å². The van der Waals surface area contributed by atoms with Gasteiger partial charge in [-0.05, 0) is 51.7 Å². The van der Waals surface area contributed by atoms with Crippen LogP contribution >= 0.6 is 0 Å². The van der Waals surface area contributed by atoms with E-state index in [-0.39, 0.29) is 5.91 Å². The van der Waals surface area contributed by atoms with Crippen LogP contribution in [0.15, 0.2) is 24.3 Å². The minimum atomic E-state index is 0.200. The summed E-state index contributed by atoms with van der Waals surface area (Å²) in [5.74, 6) is 0.837. The Balaban J connectivity index is 1.88. The second-order valence-corrected chi connectivity index (χ2v) is 6.53. The second kappa shape index (κ2) is 6.97. The number of aryl methyl sites for hydroxylation is 1. The van der Waals surface area contributed by atoms with E-state index < -0.39 is 0 Å². The Morgan fingerprint density at radius 1 is 1.24 bits per heavy atom. The molecule has 0 aromatic heterocycles. The highest BCUT2D eigenvalue weighted by Gasteiger charge is 2.23. The fourth-order valence-corrected chi connectivity index (χ4v) is 3.11. The molecule has 0 spiro atoms. The van der Waals surface area contributed by atoms with Crippen LogP contribution in [0, 0.1) is 12.8 Å². The molecule has 0 aliphatic carbocycles. The van der Waals surface area contributed by atoms with E-state index in [1.807, 2.05) is 4.90 Å². The first-order valence-corrected chi connectivity index (χ1v) is 8.06. The lowest BCUT2D eigenvalue weighted by atomic mass is 9.95.